The van der Waals surface area contributed by atoms with E-state index >= 15 is 0 Å². The standard InChI is InChI=1S/C17H17NO/c1-13-8-10-16(12-14(13)2)18-17(19)11-9-15-6-4-3-5-7-15/h3-12H,1-2H3,(H,18,19)/b11-9-. The molecule has 0 aliphatic heterocycles. The first-order chi connectivity index (χ1) is 9.15. The Labute approximate surface area is 113 Å². The van der Waals surface area contributed by atoms with Crippen molar-refractivity contribution in [3.8, 4) is 0 Å². The van der Waals surface area contributed by atoms with E-state index in [0.717, 1.165) is 11.3 Å². The van der Waals surface area contributed by atoms with E-state index in [1.54, 1.807) is 12.2 Å². The SMILES string of the molecule is Cc1ccc(NC(=O)/C=C\c2ccccc2)cc1C. The summed E-state index contributed by atoms with van der Waals surface area (Å²) in [4.78, 5) is 11.8. The number of aryl methyl sites for hydroxylation is 2. The van der Waals surface area contributed by atoms with Crippen LogP contribution in [0.25, 0.3) is 6.08 Å². The average molecular weight is 251 g/mol. The minimum Gasteiger partial charge on any atom is -0.323 e. The van der Waals surface area contributed by atoms with Gasteiger partial charge in [-0.05, 0) is 48.7 Å². The van der Waals surface area contributed by atoms with E-state index in [4.69, 9.17) is 0 Å². The van der Waals surface area contributed by atoms with Crippen LogP contribution in [0.4, 0.5) is 5.69 Å². The number of hydrogen-bond acceptors (Lipinski definition) is 1. The van der Waals surface area contributed by atoms with Crippen LogP contribution in [0.2, 0.25) is 0 Å². The van der Waals surface area contributed by atoms with Crippen LogP contribution in [0, 0.1) is 13.8 Å². The molecule has 0 aliphatic rings. The highest BCUT2D eigenvalue weighted by molar-refractivity contribution is 6.01. The van der Waals surface area contributed by atoms with Gasteiger partial charge in [0.15, 0.2) is 0 Å². The molecule has 2 aromatic rings. The minimum absolute atomic E-state index is 0.118. The molecule has 2 heteroatoms. The molecule has 0 atom stereocenters. The number of hydrogen-bond donors (Lipinski definition) is 1. The predicted octanol–water partition coefficient (Wildman–Crippen LogP) is 3.96. The Morgan fingerprint density at radius 3 is 2.42 bits per heavy atom. The van der Waals surface area contributed by atoms with E-state index in [0.29, 0.717) is 0 Å². The summed E-state index contributed by atoms with van der Waals surface area (Å²) >= 11 is 0. The third-order valence-electron chi connectivity index (χ3n) is 3.00. The van der Waals surface area contributed by atoms with Gasteiger partial charge < -0.3 is 5.32 Å². The summed E-state index contributed by atoms with van der Waals surface area (Å²) in [6, 6.07) is 15.7. The van der Waals surface area contributed by atoms with Crippen molar-refractivity contribution in [1.82, 2.24) is 0 Å². The van der Waals surface area contributed by atoms with Crippen LogP contribution in [0.3, 0.4) is 0 Å². The minimum atomic E-state index is -0.118. The van der Waals surface area contributed by atoms with Crippen molar-refractivity contribution in [3.05, 3.63) is 71.3 Å². The second-order valence-corrected chi connectivity index (χ2v) is 4.53. The van der Waals surface area contributed by atoms with Crippen LogP contribution in [0.15, 0.2) is 54.6 Å². The molecule has 0 saturated carbocycles. The van der Waals surface area contributed by atoms with Crippen molar-refractivity contribution in [3.63, 3.8) is 0 Å². The van der Waals surface area contributed by atoms with E-state index in [-0.39, 0.29) is 5.91 Å². The highest BCUT2D eigenvalue weighted by Crippen LogP contribution is 2.14. The van der Waals surface area contributed by atoms with Gasteiger partial charge in [-0.2, -0.15) is 0 Å². The molecular weight excluding hydrogens is 234 g/mol. The molecule has 1 amide bonds. The number of nitrogens with one attached hydrogen (secondary N) is 1. The van der Waals surface area contributed by atoms with Gasteiger partial charge in [-0.3, -0.25) is 4.79 Å². The largest absolute Gasteiger partial charge is 0.323 e. The number of amides is 1. The Morgan fingerprint density at radius 2 is 1.74 bits per heavy atom. The molecule has 2 rings (SSSR count). The first-order valence-electron chi connectivity index (χ1n) is 6.26. The number of carbonyl (C=O) groups is 1. The second-order valence-electron chi connectivity index (χ2n) is 4.53. The zero-order valence-electron chi connectivity index (χ0n) is 11.2. The predicted molar refractivity (Wildman–Crippen MR) is 80.0 cm³/mol. The molecule has 0 heterocycles. The van der Waals surface area contributed by atoms with Crippen LogP contribution in [0.5, 0.6) is 0 Å². The summed E-state index contributed by atoms with van der Waals surface area (Å²) in [5.41, 5.74) is 4.23. The lowest BCUT2D eigenvalue weighted by molar-refractivity contribution is -0.111. The van der Waals surface area contributed by atoms with Gasteiger partial charge in [0.25, 0.3) is 0 Å². The molecule has 19 heavy (non-hydrogen) atoms. The van der Waals surface area contributed by atoms with Crippen LogP contribution < -0.4 is 5.32 Å². The van der Waals surface area contributed by atoms with E-state index in [2.05, 4.69) is 12.2 Å². The van der Waals surface area contributed by atoms with Crippen LogP contribution in [-0.2, 0) is 4.79 Å². The third kappa shape index (κ3) is 3.81. The van der Waals surface area contributed by atoms with Crippen molar-refractivity contribution in [2.24, 2.45) is 0 Å². The monoisotopic (exact) mass is 251 g/mol. The molecular formula is C17H17NO. The molecule has 0 fully saturated rings. The second kappa shape index (κ2) is 6.01. The molecule has 0 spiro atoms. The Bertz CT molecular complexity index is 600. The van der Waals surface area contributed by atoms with Crippen molar-refractivity contribution in [1.29, 1.82) is 0 Å². The Kier molecular flexibility index (Phi) is 4.14. The summed E-state index contributed by atoms with van der Waals surface area (Å²) < 4.78 is 0. The van der Waals surface area contributed by atoms with Gasteiger partial charge in [-0.25, -0.2) is 0 Å². The zero-order valence-corrected chi connectivity index (χ0v) is 11.2. The first kappa shape index (κ1) is 13.1. The average Bonchev–Trinajstić information content (AvgIpc) is 2.42. The van der Waals surface area contributed by atoms with Gasteiger partial charge in [-0.1, -0.05) is 36.4 Å². The molecule has 0 saturated heterocycles. The molecule has 0 bridgehead atoms. The molecule has 0 aromatic heterocycles. The number of carbonyl (C=O) groups excluding carboxylic acids is 1. The quantitative estimate of drug-likeness (QED) is 0.822. The normalized spacial score (nSPS) is 10.6. The summed E-state index contributed by atoms with van der Waals surface area (Å²) in [6.07, 6.45) is 3.35. The van der Waals surface area contributed by atoms with Gasteiger partial charge in [0.1, 0.15) is 0 Å². The molecule has 96 valence electrons. The maximum Gasteiger partial charge on any atom is 0.248 e. The fourth-order valence-corrected chi connectivity index (χ4v) is 1.74. The number of benzene rings is 2. The van der Waals surface area contributed by atoms with Gasteiger partial charge in [0.2, 0.25) is 5.91 Å². The number of rotatable bonds is 3. The summed E-state index contributed by atoms with van der Waals surface area (Å²) in [7, 11) is 0. The van der Waals surface area contributed by atoms with E-state index in [1.807, 2.05) is 55.5 Å². The van der Waals surface area contributed by atoms with Gasteiger partial charge in [0, 0.05) is 11.8 Å². The van der Waals surface area contributed by atoms with Crippen molar-refractivity contribution >= 4 is 17.7 Å². The lowest BCUT2D eigenvalue weighted by atomic mass is 10.1. The molecule has 2 aromatic carbocycles. The van der Waals surface area contributed by atoms with Crippen LogP contribution in [-0.4, -0.2) is 5.91 Å². The summed E-state index contributed by atoms with van der Waals surface area (Å²) in [5.74, 6) is -0.118. The van der Waals surface area contributed by atoms with Crippen LogP contribution >= 0.6 is 0 Å². The number of anilines is 1. The summed E-state index contributed by atoms with van der Waals surface area (Å²) in [6.45, 7) is 4.08. The van der Waals surface area contributed by atoms with Gasteiger partial charge in [0.05, 0.1) is 0 Å². The maximum absolute atomic E-state index is 11.8. The molecule has 2 nitrogen and oxygen atoms in total. The van der Waals surface area contributed by atoms with Gasteiger partial charge in [-0.15, -0.1) is 0 Å². The smallest absolute Gasteiger partial charge is 0.248 e. The highest BCUT2D eigenvalue weighted by atomic mass is 16.1. The lowest BCUT2D eigenvalue weighted by Crippen LogP contribution is -2.07. The van der Waals surface area contributed by atoms with Crippen LogP contribution in [0.1, 0.15) is 16.7 Å². The third-order valence-corrected chi connectivity index (χ3v) is 3.00. The van der Waals surface area contributed by atoms with E-state index in [1.165, 1.54) is 11.1 Å². The Balaban J connectivity index is 2.01. The Hall–Kier alpha value is -2.35. The Morgan fingerprint density at radius 1 is 1.00 bits per heavy atom. The summed E-state index contributed by atoms with van der Waals surface area (Å²) in [5, 5.41) is 2.85. The fraction of sp³-hybridized carbons (Fsp3) is 0.118. The van der Waals surface area contributed by atoms with E-state index in [9.17, 15) is 4.79 Å². The molecule has 1 N–H and O–H groups in total. The van der Waals surface area contributed by atoms with Crippen molar-refractivity contribution in [2.75, 3.05) is 5.32 Å². The maximum atomic E-state index is 11.8. The topological polar surface area (TPSA) is 29.1 Å². The fourth-order valence-electron chi connectivity index (χ4n) is 1.74. The van der Waals surface area contributed by atoms with Crippen molar-refractivity contribution in [2.45, 2.75) is 13.8 Å². The van der Waals surface area contributed by atoms with Gasteiger partial charge >= 0.3 is 0 Å². The first-order valence-corrected chi connectivity index (χ1v) is 6.26. The lowest BCUT2D eigenvalue weighted by Gasteiger charge is -2.05. The molecule has 0 unspecified atom stereocenters. The zero-order chi connectivity index (χ0) is 13.7. The molecule has 0 aliphatic carbocycles. The molecule has 0 radical (unpaired) electrons. The highest BCUT2D eigenvalue weighted by Gasteiger charge is 1.99. The van der Waals surface area contributed by atoms with Crippen molar-refractivity contribution < 1.29 is 4.79 Å². The van der Waals surface area contributed by atoms with E-state index < -0.39 is 0 Å².